The molecule has 13 nitrogen and oxygen atoms in total. The number of benzene rings is 1. The number of nitrogens with two attached hydrogens (primary N) is 1. The molecule has 3 amide bonds. The summed E-state index contributed by atoms with van der Waals surface area (Å²) in [5.74, 6) is -2.92. The van der Waals surface area contributed by atoms with Crippen molar-refractivity contribution >= 4 is 39.2 Å². The molecular formula is C39H67N5O8S. The van der Waals surface area contributed by atoms with Crippen LogP contribution in [0.25, 0.3) is 0 Å². The van der Waals surface area contributed by atoms with Crippen LogP contribution in [0.4, 0.5) is 5.69 Å². The summed E-state index contributed by atoms with van der Waals surface area (Å²) < 4.78 is 39.8. The van der Waals surface area contributed by atoms with Gasteiger partial charge in [-0.2, -0.15) is 0 Å². The maximum atomic E-state index is 14.2. The first-order valence-electron chi connectivity index (χ1n) is 18.9. The maximum absolute atomic E-state index is 14.2. The van der Waals surface area contributed by atoms with Crippen LogP contribution in [0.1, 0.15) is 86.1 Å². The molecule has 302 valence electrons. The summed E-state index contributed by atoms with van der Waals surface area (Å²) >= 11 is 0. The van der Waals surface area contributed by atoms with E-state index >= 15 is 0 Å². The zero-order valence-electron chi connectivity index (χ0n) is 34.1. The molecule has 2 rings (SSSR count). The van der Waals surface area contributed by atoms with E-state index in [1.54, 1.807) is 48.0 Å². The smallest absolute Gasteiger partial charge is 0.239 e. The molecule has 0 aliphatic carbocycles. The second-order valence-electron chi connectivity index (χ2n) is 15.7. The third-order valence-electron chi connectivity index (χ3n) is 10.9. The third kappa shape index (κ3) is 12.5. The van der Waals surface area contributed by atoms with Crippen LogP contribution in [0.3, 0.4) is 0 Å². The van der Waals surface area contributed by atoms with E-state index in [9.17, 15) is 27.6 Å². The van der Waals surface area contributed by atoms with E-state index in [2.05, 4.69) is 4.72 Å². The predicted octanol–water partition coefficient (Wildman–Crippen LogP) is 3.95. The highest BCUT2D eigenvalue weighted by molar-refractivity contribution is 7.89. The molecule has 53 heavy (non-hydrogen) atoms. The maximum Gasteiger partial charge on any atom is 0.239 e. The van der Waals surface area contributed by atoms with Gasteiger partial charge < -0.3 is 25.0 Å². The first-order chi connectivity index (χ1) is 24.7. The van der Waals surface area contributed by atoms with Crippen molar-refractivity contribution in [3.63, 3.8) is 0 Å². The monoisotopic (exact) mass is 765 g/mol. The zero-order valence-corrected chi connectivity index (χ0v) is 34.9. The van der Waals surface area contributed by atoms with Crippen LogP contribution in [0.15, 0.2) is 24.3 Å². The van der Waals surface area contributed by atoms with Gasteiger partial charge in [0.15, 0.2) is 5.78 Å². The number of ketones is 1. The summed E-state index contributed by atoms with van der Waals surface area (Å²) in [5.41, 5.74) is 6.69. The topological polar surface area (TPSA) is 169 Å². The van der Waals surface area contributed by atoms with Gasteiger partial charge in [0.1, 0.15) is 0 Å². The fourth-order valence-corrected chi connectivity index (χ4v) is 9.08. The first-order valence-corrected chi connectivity index (χ1v) is 20.6. The molecule has 1 aliphatic rings. The Hall–Kier alpha value is -3.07. The van der Waals surface area contributed by atoms with E-state index in [1.807, 2.05) is 60.5 Å². The van der Waals surface area contributed by atoms with Gasteiger partial charge in [0, 0.05) is 45.8 Å². The van der Waals surface area contributed by atoms with E-state index in [1.165, 1.54) is 14.2 Å². The molecule has 3 N–H and O–H groups in total. The first kappa shape index (κ1) is 46.1. The Kier molecular flexibility index (Phi) is 17.9. The number of carbonyl (C=O) groups excluding carboxylic acids is 4. The SMILES string of the molecule is CC[C@H](C)[C@@H]([C@@H](CC(=O)N1CCC[C@H]1[C@H](OC)[C@@H](C)C(=O)NS(=O)(=O)Cc1ccc(N)cc1)OC)N(C)C(=O)C(CC(=O)C(C(C)C)N(C)C)C(C)C. The largest absolute Gasteiger partial charge is 0.399 e. The number of nitrogens with one attached hydrogen (secondary N) is 1. The predicted molar refractivity (Wildman–Crippen MR) is 208 cm³/mol. The molecule has 1 heterocycles. The summed E-state index contributed by atoms with van der Waals surface area (Å²) in [7, 11) is 4.47. The Bertz CT molecular complexity index is 1460. The Labute approximate surface area is 318 Å². The number of likely N-dealkylation sites (N-methyl/N-ethyl adjacent to an activating group) is 2. The van der Waals surface area contributed by atoms with Gasteiger partial charge >= 0.3 is 0 Å². The van der Waals surface area contributed by atoms with Crippen LogP contribution >= 0.6 is 0 Å². The van der Waals surface area contributed by atoms with Crippen LogP contribution in [-0.4, -0.2) is 119 Å². The van der Waals surface area contributed by atoms with Gasteiger partial charge in [0.05, 0.1) is 48.4 Å². The van der Waals surface area contributed by atoms with E-state index in [0.29, 0.717) is 30.6 Å². The molecule has 1 fully saturated rings. The number of hydrogen-bond acceptors (Lipinski definition) is 10. The van der Waals surface area contributed by atoms with Crippen molar-refractivity contribution in [2.45, 2.75) is 117 Å². The summed E-state index contributed by atoms with van der Waals surface area (Å²) in [4.78, 5) is 60.5. The summed E-state index contributed by atoms with van der Waals surface area (Å²) in [6, 6.07) is 5.13. The number of sulfonamides is 1. The van der Waals surface area contributed by atoms with Gasteiger partial charge in [-0.25, -0.2) is 8.42 Å². The van der Waals surface area contributed by atoms with Crippen molar-refractivity contribution in [1.82, 2.24) is 19.4 Å². The summed E-state index contributed by atoms with van der Waals surface area (Å²) in [5, 5.41) is 0. The lowest BCUT2D eigenvalue weighted by molar-refractivity contribution is -0.149. The number of nitrogens with zero attached hydrogens (tertiary/aromatic N) is 3. The van der Waals surface area contributed by atoms with Crippen LogP contribution in [0.2, 0.25) is 0 Å². The van der Waals surface area contributed by atoms with E-state index in [0.717, 1.165) is 6.42 Å². The molecule has 2 unspecified atom stereocenters. The average Bonchev–Trinajstić information content (AvgIpc) is 3.56. The molecule has 1 aromatic carbocycles. The lowest BCUT2D eigenvalue weighted by Crippen LogP contribution is -2.54. The molecule has 14 heteroatoms. The van der Waals surface area contributed by atoms with Gasteiger partial charge in [0.25, 0.3) is 0 Å². The molecule has 0 aromatic heterocycles. The van der Waals surface area contributed by atoms with Crippen molar-refractivity contribution in [3.8, 4) is 0 Å². The molecular weight excluding hydrogens is 699 g/mol. The Morgan fingerprint density at radius 2 is 1.55 bits per heavy atom. The second kappa shape index (κ2) is 20.6. The highest BCUT2D eigenvalue weighted by atomic mass is 32.2. The number of likely N-dealkylation sites (tertiary alicyclic amines) is 1. The number of methoxy groups -OCH3 is 2. The van der Waals surface area contributed by atoms with Crippen LogP contribution in [0.5, 0.6) is 0 Å². The number of rotatable bonds is 21. The van der Waals surface area contributed by atoms with Gasteiger partial charge in [-0.1, -0.05) is 67.0 Å². The van der Waals surface area contributed by atoms with Crippen molar-refractivity contribution in [2.24, 2.45) is 29.6 Å². The highest BCUT2D eigenvalue weighted by Crippen LogP contribution is 2.31. The molecule has 0 saturated carbocycles. The Balaban J connectivity index is 2.26. The highest BCUT2D eigenvalue weighted by Gasteiger charge is 2.43. The minimum absolute atomic E-state index is 0.0199. The number of anilines is 1. The van der Waals surface area contributed by atoms with Gasteiger partial charge in [-0.15, -0.1) is 0 Å². The fraction of sp³-hybridized carbons (Fsp3) is 0.744. The standard InChI is InChI=1S/C39H67N5O8S/c1-13-26(6)36(43(10)39(48)30(24(2)3)21-32(45)35(25(4)5)42(8)9)33(51-11)22-34(46)44-20-14-15-31(44)37(52-12)27(7)38(47)41-53(49,50)23-28-16-18-29(40)19-17-28/h16-19,24-27,30-31,33,35-37H,13-15,20-23,40H2,1-12H3,(H,41,47)/t26-,27+,30?,31-,33+,35?,36-,37+/m0/s1. The molecule has 0 radical (unpaired) electrons. The molecule has 1 saturated heterocycles. The number of hydrogen-bond donors (Lipinski definition) is 2. The van der Waals surface area contributed by atoms with Crippen molar-refractivity contribution in [1.29, 1.82) is 0 Å². The molecule has 0 spiro atoms. The third-order valence-corrected chi connectivity index (χ3v) is 12.1. The normalized spacial score (nSPS) is 19.1. The van der Waals surface area contributed by atoms with Gasteiger partial charge in [-0.3, -0.25) is 28.8 Å². The molecule has 0 bridgehead atoms. The number of Topliss-reactive ketones (excluding diaryl/α,β-unsaturated/α-hetero) is 1. The number of carbonyl (C=O) groups is 4. The van der Waals surface area contributed by atoms with Crippen LogP contribution < -0.4 is 10.5 Å². The average molecular weight is 766 g/mol. The van der Waals surface area contributed by atoms with Gasteiger partial charge in [-0.05, 0) is 62.4 Å². The molecule has 8 atom stereocenters. The fourth-order valence-electron chi connectivity index (χ4n) is 7.89. The second-order valence-corrected chi connectivity index (χ2v) is 17.5. The van der Waals surface area contributed by atoms with Crippen molar-refractivity contribution in [3.05, 3.63) is 29.8 Å². The number of amides is 3. The zero-order chi connectivity index (χ0) is 40.4. The van der Waals surface area contributed by atoms with E-state index in [-0.39, 0.29) is 54.2 Å². The van der Waals surface area contributed by atoms with Crippen molar-refractivity contribution < 1.29 is 37.1 Å². The van der Waals surface area contributed by atoms with Gasteiger partial charge in [0.2, 0.25) is 27.7 Å². The lowest BCUT2D eigenvalue weighted by Gasteiger charge is -2.41. The minimum atomic E-state index is -4.02. The number of ether oxygens (including phenoxy) is 2. The van der Waals surface area contributed by atoms with E-state index < -0.39 is 57.8 Å². The summed E-state index contributed by atoms with van der Waals surface area (Å²) in [6.45, 7) is 14.0. The number of nitrogen functional groups attached to an aromatic ring is 1. The van der Waals surface area contributed by atoms with Crippen molar-refractivity contribution in [2.75, 3.05) is 47.6 Å². The molecule has 1 aliphatic heterocycles. The van der Waals surface area contributed by atoms with E-state index in [4.69, 9.17) is 15.2 Å². The Morgan fingerprint density at radius 3 is 2.04 bits per heavy atom. The quantitative estimate of drug-likeness (QED) is 0.175. The summed E-state index contributed by atoms with van der Waals surface area (Å²) in [6.07, 6.45) is 0.649. The van der Waals surface area contributed by atoms with Crippen LogP contribution in [0, 0.1) is 29.6 Å². The van der Waals surface area contributed by atoms with Crippen LogP contribution in [-0.2, 0) is 44.4 Å². The molecule has 1 aromatic rings. The minimum Gasteiger partial charge on any atom is -0.399 e. The lowest BCUT2D eigenvalue weighted by atomic mass is 9.83. The Morgan fingerprint density at radius 1 is 0.943 bits per heavy atom.